The number of Topliss-reactive ketones (excluding diaryl/α,β-unsaturated/α-hetero) is 2. The molecule has 0 spiro atoms. The van der Waals surface area contributed by atoms with Gasteiger partial charge in [-0.2, -0.15) is 0 Å². The number of thiophene rings is 1. The predicted octanol–water partition coefficient (Wildman–Crippen LogP) is 8.40. The molecule has 0 aliphatic heterocycles. The summed E-state index contributed by atoms with van der Waals surface area (Å²) in [5.74, 6) is 1.03. The van der Waals surface area contributed by atoms with Crippen LogP contribution in [0.3, 0.4) is 0 Å². The fraction of sp³-hybridized carbons (Fsp3) is 0.0667. The summed E-state index contributed by atoms with van der Waals surface area (Å²) in [5.41, 5.74) is 2.16. The maximum absolute atomic E-state index is 12.4. The number of benzene rings is 4. The molecule has 0 aliphatic carbocycles. The number of carbonyl (C=O) groups is 2. The number of hydrogen-bond acceptors (Lipinski definition) is 5. The molecule has 0 atom stereocenters. The molecule has 4 nitrogen and oxygen atoms in total. The minimum absolute atomic E-state index is 0.0483. The molecule has 7 heteroatoms. The molecule has 1 aromatic heterocycles. The Bertz CT molecular complexity index is 1560. The van der Waals surface area contributed by atoms with Gasteiger partial charge in [0.25, 0.3) is 0 Å². The molecule has 5 rings (SSSR count). The lowest BCUT2D eigenvalue weighted by Crippen LogP contribution is -2.11. The third-order valence-electron chi connectivity index (χ3n) is 5.70. The van der Waals surface area contributed by atoms with Gasteiger partial charge >= 0.3 is 0 Å². The van der Waals surface area contributed by atoms with Gasteiger partial charge in [-0.25, -0.2) is 0 Å². The van der Waals surface area contributed by atoms with E-state index in [-0.39, 0.29) is 24.8 Å². The second-order valence-electron chi connectivity index (χ2n) is 8.27. The van der Waals surface area contributed by atoms with Gasteiger partial charge in [-0.1, -0.05) is 23.2 Å². The predicted molar refractivity (Wildman–Crippen MR) is 150 cm³/mol. The van der Waals surface area contributed by atoms with Crippen molar-refractivity contribution in [3.63, 3.8) is 0 Å². The van der Waals surface area contributed by atoms with E-state index in [2.05, 4.69) is 6.07 Å². The third-order valence-corrected chi connectivity index (χ3v) is 7.35. The second kappa shape index (κ2) is 11.2. The quantitative estimate of drug-likeness (QED) is 0.174. The van der Waals surface area contributed by atoms with Gasteiger partial charge in [-0.05, 0) is 108 Å². The molecule has 0 saturated heterocycles. The van der Waals surface area contributed by atoms with E-state index >= 15 is 0 Å². The lowest BCUT2D eigenvalue weighted by molar-refractivity contribution is 0.0915. The van der Waals surface area contributed by atoms with Crippen LogP contribution in [0, 0.1) is 0 Å². The summed E-state index contributed by atoms with van der Waals surface area (Å²) in [4.78, 5) is 25.8. The molecule has 0 radical (unpaired) electrons. The van der Waals surface area contributed by atoms with E-state index in [4.69, 9.17) is 32.7 Å². The molecule has 5 aromatic rings. The molecule has 1 heterocycles. The summed E-state index contributed by atoms with van der Waals surface area (Å²) in [6.07, 6.45) is 0. The summed E-state index contributed by atoms with van der Waals surface area (Å²) >= 11 is 13.4. The first-order valence-corrected chi connectivity index (χ1v) is 13.0. The van der Waals surface area contributed by atoms with Crippen molar-refractivity contribution in [2.45, 2.75) is 0 Å². The van der Waals surface area contributed by atoms with Crippen LogP contribution in [0.2, 0.25) is 10.0 Å². The van der Waals surface area contributed by atoms with Gasteiger partial charge in [0.1, 0.15) is 11.5 Å². The summed E-state index contributed by atoms with van der Waals surface area (Å²) in [6, 6.07) is 29.0. The first kappa shape index (κ1) is 25.0. The molecule has 0 aliphatic rings. The number of ether oxygens (including phenoxy) is 2. The van der Waals surface area contributed by atoms with Gasteiger partial charge in [-0.3, -0.25) is 9.59 Å². The number of carbonyl (C=O) groups excluding carboxylic acids is 2. The van der Waals surface area contributed by atoms with E-state index in [1.54, 1.807) is 59.9 Å². The number of rotatable bonds is 9. The van der Waals surface area contributed by atoms with Crippen LogP contribution >= 0.6 is 34.5 Å². The molecular formula is C30H20Cl2O4S. The highest BCUT2D eigenvalue weighted by Crippen LogP contribution is 2.36. The second-order valence-corrected chi connectivity index (χ2v) is 10.2. The van der Waals surface area contributed by atoms with Crippen LogP contribution in [0.15, 0.2) is 97.1 Å². The molecule has 0 N–H and O–H groups in total. The fourth-order valence-corrected chi connectivity index (χ4v) is 5.04. The monoisotopic (exact) mass is 546 g/mol. The van der Waals surface area contributed by atoms with Crippen molar-refractivity contribution in [1.82, 2.24) is 0 Å². The minimum Gasteiger partial charge on any atom is -0.485 e. The maximum Gasteiger partial charge on any atom is 0.200 e. The van der Waals surface area contributed by atoms with E-state index in [0.717, 1.165) is 20.5 Å². The van der Waals surface area contributed by atoms with Crippen LogP contribution in [-0.4, -0.2) is 24.8 Å². The zero-order valence-electron chi connectivity index (χ0n) is 19.4. The van der Waals surface area contributed by atoms with Crippen molar-refractivity contribution >= 4 is 56.2 Å². The van der Waals surface area contributed by atoms with E-state index < -0.39 is 0 Å². The van der Waals surface area contributed by atoms with Gasteiger partial charge in [0.05, 0.1) is 0 Å². The smallest absolute Gasteiger partial charge is 0.200 e. The first-order chi connectivity index (χ1) is 17.9. The molecule has 0 amide bonds. The molecule has 0 saturated carbocycles. The Morgan fingerprint density at radius 2 is 1.14 bits per heavy atom. The van der Waals surface area contributed by atoms with Crippen LogP contribution in [0.4, 0.5) is 0 Å². The molecule has 184 valence electrons. The SMILES string of the molecule is O=C(COc1ccc(-c2cc3ccc(OCC(=O)c4ccc(Cl)cc4)cc3s2)cc1)c1ccc(Cl)cc1. The highest BCUT2D eigenvalue weighted by Gasteiger charge is 2.10. The van der Waals surface area contributed by atoms with E-state index in [9.17, 15) is 9.59 Å². The highest BCUT2D eigenvalue weighted by atomic mass is 35.5. The van der Waals surface area contributed by atoms with Crippen molar-refractivity contribution in [2.75, 3.05) is 13.2 Å². The number of hydrogen-bond donors (Lipinski definition) is 0. The van der Waals surface area contributed by atoms with E-state index in [0.29, 0.717) is 32.7 Å². The molecule has 0 fully saturated rings. The zero-order chi connectivity index (χ0) is 25.8. The van der Waals surface area contributed by atoms with Crippen LogP contribution in [0.25, 0.3) is 20.5 Å². The number of fused-ring (bicyclic) bond motifs is 1. The van der Waals surface area contributed by atoms with Crippen LogP contribution in [-0.2, 0) is 0 Å². The van der Waals surface area contributed by atoms with Gasteiger partial charge in [0, 0.05) is 30.7 Å². The molecule has 37 heavy (non-hydrogen) atoms. The topological polar surface area (TPSA) is 52.6 Å². The van der Waals surface area contributed by atoms with Crippen molar-refractivity contribution in [2.24, 2.45) is 0 Å². The Kier molecular flexibility index (Phi) is 7.56. The molecular weight excluding hydrogens is 527 g/mol. The molecule has 0 unspecified atom stereocenters. The third kappa shape index (κ3) is 6.20. The van der Waals surface area contributed by atoms with Crippen LogP contribution in [0.1, 0.15) is 20.7 Å². The lowest BCUT2D eigenvalue weighted by atomic mass is 10.1. The normalized spacial score (nSPS) is 10.9. The highest BCUT2D eigenvalue weighted by molar-refractivity contribution is 7.22. The Hall–Kier alpha value is -3.64. The first-order valence-electron chi connectivity index (χ1n) is 11.4. The summed E-state index contributed by atoms with van der Waals surface area (Å²) in [6.45, 7) is -0.0967. The molecule has 0 bridgehead atoms. The fourth-order valence-electron chi connectivity index (χ4n) is 3.69. The Morgan fingerprint density at radius 1 is 0.622 bits per heavy atom. The van der Waals surface area contributed by atoms with Crippen LogP contribution < -0.4 is 9.47 Å². The van der Waals surface area contributed by atoms with Crippen molar-refractivity contribution in [3.8, 4) is 21.9 Å². The molecule has 4 aromatic carbocycles. The van der Waals surface area contributed by atoms with Crippen molar-refractivity contribution in [3.05, 3.63) is 118 Å². The maximum atomic E-state index is 12.4. The van der Waals surface area contributed by atoms with Crippen molar-refractivity contribution < 1.29 is 19.1 Å². The van der Waals surface area contributed by atoms with Crippen LogP contribution in [0.5, 0.6) is 11.5 Å². The zero-order valence-corrected chi connectivity index (χ0v) is 21.8. The van der Waals surface area contributed by atoms with E-state index in [1.165, 1.54) is 0 Å². The lowest BCUT2D eigenvalue weighted by Gasteiger charge is -2.06. The average molecular weight is 547 g/mol. The summed E-state index contributed by atoms with van der Waals surface area (Å²) in [5, 5.41) is 2.26. The Balaban J connectivity index is 1.21. The Morgan fingerprint density at radius 3 is 1.70 bits per heavy atom. The van der Waals surface area contributed by atoms with Crippen molar-refractivity contribution in [1.29, 1.82) is 0 Å². The van der Waals surface area contributed by atoms with Gasteiger partial charge in [0.15, 0.2) is 24.8 Å². The number of halogens is 2. The van der Waals surface area contributed by atoms with E-state index in [1.807, 2.05) is 42.5 Å². The average Bonchev–Trinajstić information content (AvgIpc) is 3.35. The van der Waals surface area contributed by atoms with Gasteiger partial charge in [-0.15, -0.1) is 11.3 Å². The summed E-state index contributed by atoms with van der Waals surface area (Å²) < 4.78 is 12.5. The largest absolute Gasteiger partial charge is 0.485 e. The minimum atomic E-state index is -0.113. The van der Waals surface area contributed by atoms with Gasteiger partial charge < -0.3 is 9.47 Å². The standard InChI is InChI=1S/C30H20Cl2O4S/c31-23-8-1-19(2-9-23)27(33)17-35-25-12-5-21(6-13-25)29-15-22-7-14-26(16-30(22)37-29)36-18-28(34)20-3-10-24(32)11-4-20/h1-16H,17-18H2. The number of ketones is 2. The van der Waals surface area contributed by atoms with Gasteiger partial charge in [0.2, 0.25) is 0 Å². The summed E-state index contributed by atoms with van der Waals surface area (Å²) in [7, 11) is 0. The Labute approximate surface area is 228 Å².